The van der Waals surface area contributed by atoms with Crippen LogP contribution in [0.1, 0.15) is 23.3 Å². The van der Waals surface area contributed by atoms with Gasteiger partial charge in [-0.2, -0.15) is 18.2 Å². The molecule has 4 nitrogen and oxygen atoms in total. The maximum absolute atomic E-state index is 12.7. The molecule has 8 heteroatoms. The molecular weight excluding hydrogens is 339 g/mol. The number of aromatic nitrogens is 1. The number of rotatable bonds is 2. The number of hydrogen-bond acceptors (Lipinski definition) is 3. The van der Waals surface area contributed by atoms with Gasteiger partial charge in [0.05, 0.1) is 11.6 Å². The lowest BCUT2D eigenvalue weighted by Gasteiger charge is -2.08. The highest BCUT2D eigenvalue weighted by atomic mass is 32.1. The fraction of sp³-hybridized carbons (Fsp3) is 0.375. The number of halogens is 3. The molecule has 1 fully saturated rings. The van der Waals surface area contributed by atoms with Crippen LogP contribution >= 0.6 is 11.3 Å². The Hall–Kier alpha value is -1.93. The van der Waals surface area contributed by atoms with E-state index in [1.54, 1.807) is 10.8 Å². The Kier molecular flexibility index (Phi) is 4.60. The molecule has 0 spiro atoms. The van der Waals surface area contributed by atoms with Gasteiger partial charge in [-0.05, 0) is 50.6 Å². The SMILES string of the molecule is Cc1cn(-c2ccc(C(F)(F)F)cc2)c(=NC(=O)C2CCCN2)s1. The highest BCUT2D eigenvalue weighted by Gasteiger charge is 2.30. The van der Waals surface area contributed by atoms with Crippen molar-refractivity contribution in [2.24, 2.45) is 4.99 Å². The second kappa shape index (κ2) is 6.52. The van der Waals surface area contributed by atoms with Crippen LogP contribution < -0.4 is 10.1 Å². The van der Waals surface area contributed by atoms with E-state index in [0.29, 0.717) is 10.5 Å². The summed E-state index contributed by atoms with van der Waals surface area (Å²) in [5.41, 5.74) is -0.165. The fourth-order valence-electron chi connectivity index (χ4n) is 2.60. The van der Waals surface area contributed by atoms with E-state index in [0.717, 1.165) is 36.4 Å². The first-order valence-corrected chi connectivity index (χ1v) is 8.35. The summed E-state index contributed by atoms with van der Waals surface area (Å²) < 4.78 is 39.7. The number of alkyl halides is 3. The number of nitrogens with zero attached hydrogens (tertiary/aromatic N) is 2. The Morgan fingerprint density at radius 1 is 1.33 bits per heavy atom. The van der Waals surface area contributed by atoms with Crippen molar-refractivity contribution >= 4 is 17.2 Å². The van der Waals surface area contributed by atoms with Crippen LogP contribution in [0.5, 0.6) is 0 Å². The van der Waals surface area contributed by atoms with Crippen LogP contribution in [0.3, 0.4) is 0 Å². The molecule has 1 aliphatic heterocycles. The molecule has 1 aliphatic rings. The predicted molar refractivity (Wildman–Crippen MR) is 85.0 cm³/mol. The Morgan fingerprint density at radius 3 is 2.62 bits per heavy atom. The summed E-state index contributed by atoms with van der Waals surface area (Å²) in [7, 11) is 0. The lowest BCUT2D eigenvalue weighted by molar-refractivity contribution is -0.137. The molecule has 2 aromatic rings. The van der Waals surface area contributed by atoms with Gasteiger partial charge in [0.15, 0.2) is 4.80 Å². The van der Waals surface area contributed by atoms with E-state index in [1.807, 2.05) is 6.92 Å². The molecule has 24 heavy (non-hydrogen) atoms. The van der Waals surface area contributed by atoms with E-state index < -0.39 is 11.7 Å². The number of amides is 1. The fourth-order valence-corrected chi connectivity index (χ4v) is 3.43. The molecule has 0 radical (unpaired) electrons. The first-order valence-electron chi connectivity index (χ1n) is 7.53. The Balaban J connectivity index is 1.95. The average Bonchev–Trinajstić information content (AvgIpc) is 3.16. The summed E-state index contributed by atoms with van der Waals surface area (Å²) in [4.78, 5) is 17.8. The summed E-state index contributed by atoms with van der Waals surface area (Å²) in [6, 6.07) is 4.55. The number of aryl methyl sites for hydroxylation is 1. The van der Waals surface area contributed by atoms with Gasteiger partial charge in [-0.1, -0.05) is 0 Å². The Bertz CT molecular complexity index is 799. The molecule has 128 valence electrons. The molecule has 1 amide bonds. The number of benzene rings is 1. The molecule has 0 bridgehead atoms. The van der Waals surface area contributed by atoms with Crippen LogP contribution in [0, 0.1) is 6.92 Å². The number of hydrogen-bond donors (Lipinski definition) is 1. The summed E-state index contributed by atoms with van der Waals surface area (Å²) >= 11 is 1.33. The zero-order valence-corrected chi connectivity index (χ0v) is 13.7. The van der Waals surface area contributed by atoms with Crippen molar-refractivity contribution in [3.63, 3.8) is 0 Å². The van der Waals surface area contributed by atoms with Crippen molar-refractivity contribution in [2.75, 3.05) is 6.54 Å². The quantitative estimate of drug-likeness (QED) is 0.900. The first-order chi connectivity index (χ1) is 11.3. The van der Waals surface area contributed by atoms with E-state index in [9.17, 15) is 18.0 Å². The summed E-state index contributed by atoms with van der Waals surface area (Å²) in [6.45, 7) is 2.66. The van der Waals surface area contributed by atoms with Crippen LogP contribution in [-0.4, -0.2) is 23.1 Å². The molecule has 1 atom stereocenters. The Morgan fingerprint density at radius 2 is 2.04 bits per heavy atom. The van der Waals surface area contributed by atoms with Gasteiger partial charge in [0.2, 0.25) is 0 Å². The van der Waals surface area contributed by atoms with Crippen LogP contribution in [0.15, 0.2) is 35.5 Å². The molecule has 1 N–H and O–H groups in total. The van der Waals surface area contributed by atoms with Crippen molar-refractivity contribution in [2.45, 2.75) is 32.0 Å². The van der Waals surface area contributed by atoms with E-state index in [2.05, 4.69) is 10.3 Å². The number of carbonyl (C=O) groups is 1. The van der Waals surface area contributed by atoms with Crippen molar-refractivity contribution in [3.05, 3.63) is 45.7 Å². The van der Waals surface area contributed by atoms with Gasteiger partial charge in [0.1, 0.15) is 0 Å². The zero-order chi connectivity index (χ0) is 17.3. The topological polar surface area (TPSA) is 46.4 Å². The van der Waals surface area contributed by atoms with Crippen molar-refractivity contribution in [1.82, 2.24) is 9.88 Å². The van der Waals surface area contributed by atoms with Gasteiger partial charge in [0.25, 0.3) is 5.91 Å². The highest BCUT2D eigenvalue weighted by molar-refractivity contribution is 7.09. The molecule has 1 aromatic carbocycles. The van der Waals surface area contributed by atoms with Crippen molar-refractivity contribution in [3.8, 4) is 5.69 Å². The molecule has 0 saturated carbocycles. The molecular formula is C16H16F3N3OS. The second-order valence-electron chi connectivity index (χ2n) is 5.64. The number of nitrogens with one attached hydrogen (secondary N) is 1. The summed E-state index contributed by atoms with van der Waals surface area (Å²) in [5.74, 6) is -0.241. The summed E-state index contributed by atoms with van der Waals surface area (Å²) in [5, 5.41) is 3.09. The zero-order valence-electron chi connectivity index (χ0n) is 12.9. The summed E-state index contributed by atoms with van der Waals surface area (Å²) in [6.07, 6.45) is -0.909. The molecule has 3 rings (SSSR count). The molecule has 1 saturated heterocycles. The maximum atomic E-state index is 12.7. The van der Waals surface area contributed by atoms with E-state index in [4.69, 9.17) is 0 Å². The maximum Gasteiger partial charge on any atom is 0.416 e. The molecule has 1 unspecified atom stereocenters. The van der Waals surface area contributed by atoms with Gasteiger partial charge in [0, 0.05) is 16.8 Å². The third-order valence-corrected chi connectivity index (χ3v) is 4.70. The van der Waals surface area contributed by atoms with E-state index in [1.165, 1.54) is 23.5 Å². The van der Waals surface area contributed by atoms with Gasteiger partial charge >= 0.3 is 6.18 Å². The van der Waals surface area contributed by atoms with Crippen LogP contribution in [0.25, 0.3) is 5.69 Å². The lowest BCUT2D eigenvalue weighted by Crippen LogP contribution is -2.31. The van der Waals surface area contributed by atoms with Crippen LogP contribution in [0.4, 0.5) is 13.2 Å². The lowest BCUT2D eigenvalue weighted by atomic mass is 10.2. The molecule has 2 heterocycles. The Labute approximate surface area is 140 Å². The van der Waals surface area contributed by atoms with Gasteiger partial charge in [-0.15, -0.1) is 11.3 Å². The minimum atomic E-state index is -4.37. The van der Waals surface area contributed by atoms with Crippen molar-refractivity contribution in [1.29, 1.82) is 0 Å². The minimum Gasteiger partial charge on any atom is -0.306 e. The monoisotopic (exact) mass is 355 g/mol. The third kappa shape index (κ3) is 3.59. The predicted octanol–water partition coefficient (Wildman–Crippen LogP) is 3.05. The first kappa shape index (κ1) is 16.9. The molecule has 0 aliphatic carbocycles. The van der Waals surface area contributed by atoms with Gasteiger partial charge < -0.3 is 5.32 Å². The third-order valence-electron chi connectivity index (χ3n) is 3.81. The highest BCUT2D eigenvalue weighted by Crippen LogP contribution is 2.29. The van der Waals surface area contributed by atoms with Gasteiger partial charge in [-0.3, -0.25) is 9.36 Å². The molecule has 1 aromatic heterocycles. The standard InChI is InChI=1S/C16H16F3N3OS/c1-10-9-22(12-6-4-11(5-7-12)16(17,18)19)15(24-10)21-14(23)13-3-2-8-20-13/h4-7,9,13,20H,2-3,8H2,1H3. The smallest absolute Gasteiger partial charge is 0.306 e. The average molecular weight is 355 g/mol. The van der Waals surface area contributed by atoms with Crippen LogP contribution in [-0.2, 0) is 11.0 Å². The van der Waals surface area contributed by atoms with Crippen LogP contribution in [0.2, 0.25) is 0 Å². The normalized spacial score (nSPS) is 19.0. The largest absolute Gasteiger partial charge is 0.416 e. The minimum absolute atomic E-state index is 0.241. The van der Waals surface area contributed by atoms with E-state index in [-0.39, 0.29) is 11.9 Å². The number of carbonyl (C=O) groups excluding carboxylic acids is 1. The second-order valence-corrected chi connectivity index (χ2v) is 6.85. The van der Waals surface area contributed by atoms with E-state index >= 15 is 0 Å². The van der Waals surface area contributed by atoms with Gasteiger partial charge in [-0.25, -0.2) is 0 Å². The number of thiazole rings is 1. The van der Waals surface area contributed by atoms with Crippen molar-refractivity contribution < 1.29 is 18.0 Å².